The molecule has 3 rings (SSSR count). The van der Waals surface area contributed by atoms with Gasteiger partial charge in [-0.15, -0.1) is 0 Å². The van der Waals surface area contributed by atoms with Gasteiger partial charge in [0.2, 0.25) is 5.69 Å². The monoisotopic (exact) mass is 451 g/mol. The minimum atomic E-state index is -1.59. The highest BCUT2D eigenvalue weighted by Crippen LogP contribution is 2.30. The van der Waals surface area contributed by atoms with E-state index < -0.39 is 22.9 Å². The normalized spacial score (nSPS) is 11.1. The Morgan fingerprint density at radius 3 is 2.43 bits per heavy atom. The number of H-pyrrole nitrogens is 1. The third kappa shape index (κ3) is 4.19. The minimum absolute atomic E-state index is 0.0148. The highest BCUT2D eigenvalue weighted by Gasteiger charge is 2.18. The highest BCUT2D eigenvalue weighted by molar-refractivity contribution is 6.36. The number of hydrogen-bond acceptors (Lipinski definition) is 7. The first-order chi connectivity index (χ1) is 14.1. The molecule has 12 heteroatoms. The first kappa shape index (κ1) is 21.5. The quantitative estimate of drug-likeness (QED) is 0.533. The van der Waals surface area contributed by atoms with Crippen molar-refractivity contribution in [2.75, 3.05) is 0 Å². The van der Waals surface area contributed by atoms with Gasteiger partial charge in [0.15, 0.2) is 5.75 Å². The number of rotatable bonds is 5. The van der Waals surface area contributed by atoms with Crippen LogP contribution in [0.5, 0.6) is 5.75 Å². The van der Waals surface area contributed by atoms with Gasteiger partial charge in [-0.3, -0.25) is 9.78 Å². The largest absolute Gasteiger partial charge is 0.504 e. The molecule has 0 aliphatic carbocycles. The van der Waals surface area contributed by atoms with Crippen molar-refractivity contribution in [1.29, 1.82) is 0 Å². The van der Waals surface area contributed by atoms with Gasteiger partial charge in [0.25, 0.3) is 5.56 Å². The van der Waals surface area contributed by atoms with Crippen molar-refractivity contribution in [3.63, 3.8) is 0 Å². The van der Waals surface area contributed by atoms with Crippen molar-refractivity contribution in [2.45, 2.75) is 26.2 Å². The van der Waals surface area contributed by atoms with Crippen LogP contribution in [-0.2, 0) is 6.42 Å². The van der Waals surface area contributed by atoms with E-state index in [-0.39, 0.29) is 33.8 Å². The number of benzene rings is 1. The number of aromatic amines is 1. The Labute approximate surface area is 178 Å². The lowest BCUT2D eigenvalue weighted by atomic mass is 10.1. The van der Waals surface area contributed by atoms with E-state index in [1.807, 2.05) is 18.8 Å². The van der Waals surface area contributed by atoms with Gasteiger partial charge in [-0.25, -0.2) is 19.6 Å². The number of aromatic nitrogens is 5. The molecule has 3 aromatic rings. The molecule has 0 spiro atoms. The van der Waals surface area contributed by atoms with E-state index in [0.717, 1.165) is 0 Å². The fourth-order valence-corrected chi connectivity index (χ4v) is 3.30. The summed E-state index contributed by atoms with van der Waals surface area (Å²) in [6.45, 7) is 3.75. The van der Waals surface area contributed by atoms with Gasteiger partial charge in [-0.05, 0) is 23.6 Å². The number of carboxylic acids is 1. The molecule has 0 atom stereocenters. The van der Waals surface area contributed by atoms with Crippen LogP contribution in [0.4, 0.5) is 0 Å². The van der Waals surface area contributed by atoms with Crippen molar-refractivity contribution in [3.05, 3.63) is 72.0 Å². The second-order valence-electron chi connectivity index (χ2n) is 6.60. The fraction of sp³-hybridized carbons (Fsp3) is 0.222. The first-order valence-corrected chi connectivity index (χ1v) is 9.34. The first-order valence-electron chi connectivity index (χ1n) is 8.58. The Kier molecular flexibility index (Phi) is 5.90. The maximum absolute atomic E-state index is 12.1. The molecule has 1 aromatic carbocycles. The van der Waals surface area contributed by atoms with Gasteiger partial charge in [-0.2, -0.15) is 9.78 Å². The lowest BCUT2D eigenvalue weighted by molar-refractivity contribution is 0.0685. The van der Waals surface area contributed by atoms with E-state index in [0.29, 0.717) is 21.8 Å². The summed E-state index contributed by atoms with van der Waals surface area (Å²) < 4.78 is 0.681. The molecule has 0 bridgehead atoms. The molecule has 0 saturated carbocycles. The van der Waals surface area contributed by atoms with Gasteiger partial charge < -0.3 is 10.2 Å². The van der Waals surface area contributed by atoms with Gasteiger partial charge in [0, 0.05) is 16.5 Å². The molecule has 0 amide bonds. The molecule has 10 nitrogen and oxygen atoms in total. The zero-order valence-electron chi connectivity index (χ0n) is 15.7. The van der Waals surface area contributed by atoms with Crippen molar-refractivity contribution in [3.8, 4) is 11.4 Å². The Balaban J connectivity index is 2.05. The van der Waals surface area contributed by atoms with Gasteiger partial charge >= 0.3 is 11.7 Å². The third-order valence-electron chi connectivity index (χ3n) is 4.13. The van der Waals surface area contributed by atoms with Crippen molar-refractivity contribution in [1.82, 2.24) is 24.7 Å². The third-order valence-corrected chi connectivity index (χ3v) is 4.80. The summed E-state index contributed by atoms with van der Waals surface area (Å²) in [4.78, 5) is 45.1. The van der Waals surface area contributed by atoms with E-state index in [1.165, 1.54) is 18.3 Å². The standard InChI is InChI=1S/C18H15Cl2N5O5/c1-7(2)14-12(26)6-21-13(22-14)5-9-10(19)3-8(4-11(9)20)25-18(30)23-16(27)15(24-25)17(28)29/h3-4,6-7,26H,5H2,1-2H3,(H,28,29)(H,23,27,30). The number of carbonyl (C=O) groups is 1. The smallest absolute Gasteiger partial charge is 0.362 e. The molecule has 2 heterocycles. The van der Waals surface area contributed by atoms with E-state index in [4.69, 9.17) is 28.3 Å². The maximum Gasteiger partial charge on any atom is 0.362 e. The second kappa shape index (κ2) is 8.25. The minimum Gasteiger partial charge on any atom is -0.504 e. The van der Waals surface area contributed by atoms with Crippen LogP contribution in [-0.4, -0.2) is 40.9 Å². The average Bonchev–Trinajstić information content (AvgIpc) is 2.65. The summed E-state index contributed by atoms with van der Waals surface area (Å²) in [5, 5.41) is 22.8. The van der Waals surface area contributed by atoms with Crippen LogP contribution >= 0.6 is 23.2 Å². The molecule has 2 aromatic heterocycles. The molecule has 156 valence electrons. The van der Waals surface area contributed by atoms with Gasteiger partial charge in [0.1, 0.15) is 5.82 Å². The summed E-state index contributed by atoms with van der Waals surface area (Å²) in [5.41, 5.74) is -1.93. The van der Waals surface area contributed by atoms with Crippen molar-refractivity contribution >= 4 is 29.2 Å². The summed E-state index contributed by atoms with van der Waals surface area (Å²) >= 11 is 12.7. The Hall–Kier alpha value is -3.24. The zero-order valence-corrected chi connectivity index (χ0v) is 17.2. The fourth-order valence-electron chi connectivity index (χ4n) is 2.69. The van der Waals surface area contributed by atoms with E-state index >= 15 is 0 Å². The predicted octanol–water partition coefficient (Wildman–Crippen LogP) is 2.14. The van der Waals surface area contributed by atoms with E-state index in [9.17, 15) is 19.5 Å². The summed E-state index contributed by atoms with van der Waals surface area (Å²) in [6.07, 6.45) is 1.44. The molecule has 0 aliphatic heterocycles. The number of halogens is 2. The lowest BCUT2D eigenvalue weighted by Gasteiger charge is -2.12. The molecule has 0 fully saturated rings. The predicted molar refractivity (Wildman–Crippen MR) is 108 cm³/mol. The Bertz CT molecular complexity index is 1250. The topological polar surface area (TPSA) is 151 Å². The summed E-state index contributed by atoms with van der Waals surface area (Å²) in [5.74, 6) is -1.26. The average molecular weight is 452 g/mol. The SMILES string of the molecule is CC(C)c1nc(Cc2c(Cl)cc(-n3nc(C(=O)O)c(=O)[nH]c3=O)cc2Cl)ncc1O. The number of nitrogens with zero attached hydrogens (tertiary/aromatic N) is 4. The summed E-state index contributed by atoms with van der Waals surface area (Å²) in [6, 6.07) is 2.70. The zero-order chi connectivity index (χ0) is 22.2. The number of hydrogen-bond donors (Lipinski definition) is 3. The van der Waals surface area contributed by atoms with Crippen LogP contribution in [0.15, 0.2) is 27.9 Å². The molecule has 0 aliphatic rings. The maximum atomic E-state index is 12.1. The second-order valence-corrected chi connectivity index (χ2v) is 7.42. The van der Waals surface area contributed by atoms with Gasteiger partial charge in [-0.1, -0.05) is 37.0 Å². The van der Waals surface area contributed by atoms with Crippen LogP contribution in [0.2, 0.25) is 10.0 Å². The highest BCUT2D eigenvalue weighted by atomic mass is 35.5. The van der Waals surface area contributed by atoms with E-state index in [1.54, 1.807) is 0 Å². The summed E-state index contributed by atoms with van der Waals surface area (Å²) in [7, 11) is 0. The van der Waals surface area contributed by atoms with Crippen LogP contribution in [0.3, 0.4) is 0 Å². The number of carboxylic acid groups (broad SMARTS) is 1. The van der Waals surface area contributed by atoms with E-state index in [2.05, 4.69) is 15.1 Å². The van der Waals surface area contributed by atoms with Crippen LogP contribution in [0.25, 0.3) is 5.69 Å². The molecular weight excluding hydrogens is 437 g/mol. The Morgan fingerprint density at radius 2 is 1.87 bits per heavy atom. The van der Waals surface area contributed by atoms with Crippen molar-refractivity contribution < 1.29 is 15.0 Å². The lowest BCUT2D eigenvalue weighted by Crippen LogP contribution is -2.35. The number of aromatic carboxylic acids is 1. The molecule has 0 saturated heterocycles. The van der Waals surface area contributed by atoms with Crippen molar-refractivity contribution in [2.24, 2.45) is 0 Å². The molecule has 30 heavy (non-hydrogen) atoms. The van der Waals surface area contributed by atoms with Crippen LogP contribution in [0.1, 0.15) is 47.3 Å². The number of nitrogens with one attached hydrogen (secondary N) is 1. The number of aromatic hydroxyl groups is 1. The molecule has 3 N–H and O–H groups in total. The Morgan fingerprint density at radius 1 is 1.23 bits per heavy atom. The molecule has 0 unspecified atom stereocenters. The molecular formula is C18H15Cl2N5O5. The van der Waals surface area contributed by atoms with Gasteiger partial charge in [0.05, 0.1) is 17.6 Å². The van der Waals surface area contributed by atoms with Crippen LogP contribution in [0, 0.1) is 0 Å². The molecule has 0 radical (unpaired) electrons. The van der Waals surface area contributed by atoms with Crippen LogP contribution < -0.4 is 11.2 Å².